The van der Waals surface area contributed by atoms with E-state index >= 15 is 0 Å². The van der Waals surface area contributed by atoms with Crippen molar-refractivity contribution in [3.63, 3.8) is 0 Å². The highest BCUT2D eigenvalue weighted by Gasteiger charge is 2.09. The van der Waals surface area contributed by atoms with E-state index in [9.17, 15) is 9.90 Å². The molecule has 1 unspecified atom stereocenters. The molecule has 6 heteroatoms. The maximum Gasteiger partial charge on any atom is 0.261 e. The second-order valence-electron chi connectivity index (χ2n) is 4.33. The molecule has 19 heavy (non-hydrogen) atoms. The van der Waals surface area contributed by atoms with Gasteiger partial charge in [-0.15, -0.1) is 0 Å². The van der Waals surface area contributed by atoms with Crippen LogP contribution < -0.4 is 10.9 Å². The molecule has 0 aliphatic carbocycles. The van der Waals surface area contributed by atoms with Gasteiger partial charge in [0.25, 0.3) is 5.56 Å². The Kier molecular flexibility index (Phi) is 4.68. The number of benzene rings is 1. The van der Waals surface area contributed by atoms with Crippen LogP contribution in [-0.4, -0.2) is 33.9 Å². The van der Waals surface area contributed by atoms with E-state index in [1.165, 1.54) is 10.9 Å². The van der Waals surface area contributed by atoms with Gasteiger partial charge in [0.2, 0.25) is 0 Å². The molecule has 5 nitrogen and oxygen atoms in total. The van der Waals surface area contributed by atoms with Crippen molar-refractivity contribution < 1.29 is 5.11 Å². The molecule has 0 radical (unpaired) electrons. The van der Waals surface area contributed by atoms with Crippen molar-refractivity contribution >= 4 is 26.8 Å². The average molecular weight is 326 g/mol. The van der Waals surface area contributed by atoms with Gasteiger partial charge in [-0.1, -0.05) is 22.9 Å². The van der Waals surface area contributed by atoms with Crippen LogP contribution in [0, 0.1) is 0 Å². The van der Waals surface area contributed by atoms with E-state index in [0.717, 1.165) is 11.0 Å². The summed E-state index contributed by atoms with van der Waals surface area (Å²) in [5, 5.41) is 13.4. The Labute approximate surface area is 119 Å². The van der Waals surface area contributed by atoms with Gasteiger partial charge in [0.15, 0.2) is 0 Å². The molecule has 2 aromatic rings. The molecule has 0 saturated heterocycles. The van der Waals surface area contributed by atoms with E-state index in [0.29, 0.717) is 17.4 Å². The lowest BCUT2D eigenvalue weighted by Gasteiger charge is -2.13. The highest BCUT2D eigenvalue weighted by molar-refractivity contribution is 9.10. The van der Waals surface area contributed by atoms with Crippen LogP contribution in [0.2, 0.25) is 0 Å². The number of aliphatic hydroxyl groups excluding tert-OH is 1. The first-order valence-electron chi connectivity index (χ1n) is 6.15. The predicted octanol–water partition coefficient (Wildman–Crippen LogP) is 1.13. The minimum Gasteiger partial charge on any atom is -0.390 e. The summed E-state index contributed by atoms with van der Waals surface area (Å²) in [7, 11) is 0. The molecular formula is C13H16BrN3O2. The molecule has 0 fully saturated rings. The van der Waals surface area contributed by atoms with Crippen LogP contribution in [-0.2, 0) is 6.54 Å². The second-order valence-corrected chi connectivity index (χ2v) is 5.24. The summed E-state index contributed by atoms with van der Waals surface area (Å²) in [5.74, 6) is 0. The zero-order chi connectivity index (χ0) is 13.8. The Bertz CT molecular complexity index is 627. The van der Waals surface area contributed by atoms with Gasteiger partial charge in [-0.25, -0.2) is 4.98 Å². The Balaban J connectivity index is 2.29. The SMILES string of the molecule is CCNCC(O)Cn1cnc2ccc(Br)cc2c1=O. The van der Waals surface area contributed by atoms with Crippen LogP contribution in [0.5, 0.6) is 0 Å². The number of halogens is 1. The van der Waals surface area contributed by atoms with Gasteiger partial charge in [-0.3, -0.25) is 9.36 Å². The molecule has 2 rings (SSSR count). The molecule has 0 bridgehead atoms. The maximum atomic E-state index is 12.3. The van der Waals surface area contributed by atoms with Gasteiger partial charge in [-0.2, -0.15) is 0 Å². The van der Waals surface area contributed by atoms with E-state index in [1.807, 2.05) is 13.0 Å². The highest BCUT2D eigenvalue weighted by Crippen LogP contribution is 2.14. The molecule has 0 aliphatic heterocycles. The lowest BCUT2D eigenvalue weighted by atomic mass is 10.2. The summed E-state index contributed by atoms with van der Waals surface area (Å²) in [4.78, 5) is 16.5. The van der Waals surface area contributed by atoms with Gasteiger partial charge >= 0.3 is 0 Å². The molecule has 0 amide bonds. The Morgan fingerprint density at radius 1 is 1.53 bits per heavy atom. The topological polar surface area (TPSA) is 67.2 Å². The number of fused-ring (bicyclic) bond motifs is 1. The smallest absolute Gasteiger partial charge is 0.261 e. The Morgan fingerprint density at radius 3 is 3.05 bits per heavy atom. The first-order valence-corrected chi connectivity index (χ1v) is 6.94. The summed E-state index contributed by atoms with van der Waals surface area (Å²) in [6.07, 6.45) is 0.873. The standard InChI is InChI=1S/C13H16BrN3O2/c1-2-15-6-10(18)7-17-8-16-12-4-3-9(14)5-11(12)13(17)19/h3-5,8,10,15,18H,2,6-7H2,1H3. The van der Waals surface area contributed by atoms with E-state index in [-0.39, 0.29) is 12.1 Å². The monoisotopic (exact) mass is 325 g/mol. The normalized spacial score (nSPS) is 12.8. The first kappa shape index (κ1) is 14.2. The number of aromatic nitrogens is 2. The van der Waals surface area contributed by atoms with E-state index < -0.39 is 6.10 Å². The van der Waals surface area contributed by atoms with Gasteiger partial charge in [0.05, 0.1) is 29.9 Å². The third-order valence-corrected chi connectivity index (χ3v) is 3.32. The number of nitrogens with one attached hydrogen (secondary N) is 1. The third kappa shape index (κ3) is 3.40. The molecule has 2 N–H and O–H groups in total. The maximum absolute atomic E-state index is 12.3. The molecule has 0 aliphatic rings. The number of aliphatic hydroxyl groups is 1. The summed E-state index contributed by atoms with van der Waals surface area (Å²) in [6, 6.07) is 5.39. The number of likely N-dealkylation sites (N-methyl/N-ethyl adjacent to an activating group) is 1. The number of hydrogen-bond acceptors (Lipinski definition) is 4. The van der Waals surface area contributed by atoms with Crippen LogP contribution in [0.15, 0.2) is 33.8 Å². The van der Waals surface area contributed by atoms with Crippen LogP contribution in [0.4, 0.5) is 0 Å². The Morgan fingerprint density at radius 2 is 2.32 bits per heavy atom. The number of hydrogen-bond donors (Lipinski definition) is 2. The summed E-state index contributed by atoms with van der Waals surface area (Å²) in [6.45, 7) is 3.45. The number of rotatable bonds is 5. The fraction of sp³-hybridized carbons (Fsp3) is 0.385. The lowest BCUT2D eigenvalue weighted by Crippen LogP contribution is -2.33. The highest BCUT2D eigenvalue weighted by atomic mass is 79.9. The largest absolute Gasteiger partial charge is 0.390 e. The second kappa shape index (κ2) is 6.27. The lowest BCUT2D eigenvalue weighted by molar-refractivity contribution is 0.150. The van der Waals surface area contributed by atoms with Crippen molar-refractivity contribution in [2.45, 2.75) is 19.6 Å². The van der Waals surface area contributed by atoms with E-state index in [1.54, 1.807) is 12.1 Å². The van der Waals surface area contributed by atoms with Crippen molar-refractivity contribution in [1.82, 2.24) is 14.9 Å². The van der Waals surface area contributed by atoms with Crippen LogP contribution in [0.1, 0.15) is 6.92 Å². The van der Waals surface area contributed by atoms with Crippen molar-refractivity contribution in [3.05, 3.63) is 39.4 Å². The van der Waals surface area contributed by atoms with Crippen LogP contribution in [0.3, 0.4) is 0 Å². The molecule has 0 saturated carbocycles. The molecule has 1 aromatic heterocycles. The molecule has 1 atom stereocenters. The quantitative estimate of drug-likeness (QED) is 0.864. The molecular weight excluding hydrogens is 310 g/mol. The van der Waals surface area contributed by atoms with Crippen molar-refractivity contribution in [3.8, 4) is 0 Å². The van der Waals surface area contributed by atoms with Crippen LogP contribution in [0.25, 0.3) is 10.9 Å². The molecule has 0 spiro atoms. The van der Waals surface area contributed by atoms with Gasteiger partial charge in [-0.05, 0) is 24.7 Å². The first-order chi connectivity index (χ1) is 9.11. The van der Waals surface area contributed by atoms with Crippen molar-refractivity contribution in [1.29, 1.82) is 0 Å². The van der Waals surface area contributed by atoms with Gasteiger partial charge in [0, 0.05) is 11.0 Å². The number of nitrogens with zero attached hydrogens (tertiary/aromatic N) is 2. The van der Waals surface area contributed by atoms with E-state index in [4.69, 9.17) is 0 Å². The third-order valence-electron chi connectivity index (χ3n) is 2.82. The fourth-order valence-electron chi connectivity index (χ4n) is 1.86. The summed E-state index contributed by atoms with van der Waals surface area (Å²) >= 11 is 3.34. The zero-order valence-corrected chi connectivity index (χ0v) is 12.2. The van der Waals surface area contributed by atoms with Gasteiger partial charge in [0.1, 0.15) is 0 Å². The molecule has 102 valence electrons. The average Bonchev–Trinajstić information content (AvgIpc) is 2.40. The van der Waals surface area contributed by atoms with Gasteiger partial charge < -0.3 is 10.4 Å². The fourth-order valence-corrected chi connectivity index (χ4v) is 2.22. The van der Waals surface area contributed by atoms with Crippen molar-refractivity contribution in [2.24, 2.45) is 0 Å². The van der Waals surface area contributed by atoms with E-state index in [2.05, 4.69) is 26.2 Å². The van der Waals surface area contributed by atoms with Crippen molar-refractivity contribution in [2.75, 3.05) is 13.1 Å². The minimum absolute atomic E-state index is 0.137. The summed E-state index contributed by atoms with van der Waals surface area (Å²) < 4.78 is 2.28. The molecule has 1 heterocycles. The zero-order valence-electron chi connectivity index (χ0n) is 10.6. The molecule has 1 aromatic carbocycles. The van der Waals surface area contributed by atoms with Crippen LogP contribution >= 0.6 is 15.9 Å². The Hall–Kier alpha value is -1.24. The minimum atomic E-state index is -0.607. The predicted molar refractivity (Wildman–Crippen MR) is 78.3 cm³/mol. The summed E-state index contributed by atoms with van der Waals surface area (Å²) in [5.41, 5.74) is 0.521.